The zero-order chi connectivity index (χ0) is 20.1. The van der Waals surface area contributed by atoms with Gasteiger partial charge in [0.2, 0.25) is 11.8 Å². The van der Waals surface area contributed by atoms with Crippen LogP contribution in [0.15, 0.2) is 36.4 Å². The normalized spacial score (nSPS) is 13.9. The summed E-state index contributed by atoms with van der Waals surface area (Å²) in [7, 11) is 1.59. The molecule has 3 N–H and O–H groups in total. The Bertz CT molecular complexity index is 873. The first-order valence-electron chi connectivity index (χ1n) is 9.60. The van der Waals surface area contributed by atoms with Crippen molar-refractivity contribution >= 4 is 23.2 Å². The first-order chi connectivity index (χ1) is 13.5. The molecule has 1 aliphatic heterocycles. The van der Waals surface area contributed by atoms with E-state index in [0.717, 1.165) is 42.7 Å². The van der Waals surface area contributed by atoms with E-state index in [9.17, 15) is 9.59 Å². The minimum atomic E-state index is -0.513. The predicted octanol–water partition coefficient (Wildman–Crippen LogP) is 3.27. The molecule has 28 heavy (non-hydrogen) atoms. The van der Waals surface area contributed by atoms with Crippen molar-refractivity contribution in [3.8, 4) is 5.75 Å². The summed E-state index contributed by atoms with van der Waals surface area (Å²) in [5.41, 5.74) is 9.25. The van der Waals surface area contributed by atoms with Crippen molar-refractivity contribution < 1.29 is 14.3 Å². The fourth-order valence-electron chi connectivity index (χ4n) is 3.61. The van der Waals surface area contributed by atoms with E-state index in [0.29, 0.717) is 17.0 Å². The van der Waals surface area contributed by atoms with Gasteiger partial charge in [0.1, 0.15) is 5.75 Å². The third-order valence-electron chi connectivity index (χ3n) is 5.04. The average molecular weight is 381 g/mol. The van der Waals surface area contributed by atoms with Crippen LogP contribution in [0.3, 0.4) is 0 Å². The zero-order valence-corrected chi connectivity index (χ0v) is 16.5. The van der Waals surface area contributed by atoms with Crippen LogP contribution in [0.4, 0.5) is 11.4 Å². The van der Waals surface area contributed by atoms with Gasteiger partial charge >= 0.3 is 0 Å². The fourth-order valence-corrected chi connectivity index (χ4v) is 3.61. The van der Waals surface area contributed by atoms with Crippen molar-refractivity contribution in [1.29, 1.82) is 0 Å². The van der Waals surface area contributed by atoms with E-state index in [1.807, 2.05) is 31.2 Å². The van der Waals surface area contributed by atoms with Gasteiger partial charge in [-0.2, -0.15) is 0 Å². The van der Waals surface area contributed by atoms with Gasteiger partial charge in [-0.3, -0.25) is 9.59 Å². The lowest BCUT2D eigenvalue weighted by Gasteiger charge is -2.30. The Morgan fingerprint density at radius 1 is 1.11 bits per heavy atom. The van der Waals surface area contributed by atoms with E-state index in [4.69, 9.17) is 10.5 Å². The predicted molar refractivity (Wildman–Crippen MR) is 111 cm³/mol. The molecule has 6 nitrogen and oxygen atoms in total. The van der Waals surface area contributed by atoms with Crippen molar-refractivity contribution in [2.45, 2.75) is 32.6 Å². The van der Waals surface area contributed by atoms with Crippen LogP contribution in [-0.4, -0.2) is 32.0 Å². The summed E-state index contributed by atoms with van der Waals surface area (Å²) in [4.78, 5) is 26.6. The molecule has 2 amide bonds. The molecule has 0 bridgehead atoms. The number of methoxy groups -OCH3 is 1. The molecule has 2 aromatic carbocycles. The van der Waals surface area contributed by atoms with E-state index in [2.05, 4.69) is 10.2 Å². The minimum Gasteiger partial charge on any atom is -0.496 e. The molecule has 6 heteroatoms. The average Bonchev–Trinajstić information content (AvgIpc) is 2.68. The molecule has 1 saturated heterocycles. The number of anilines is 2. The van der Waals surface area contributed by atoms with Crippen LogP contribution in [0.2, 0.25) is 0 Å². The highest BCUT2D eigenvalue weighted by molar-refractivity contribution is 6.00. The second-order valence-corrected chi connectivity index (χ2v) is 7.18. The van der Waals surface area contributed by atoms with Gasteiger partial charge in [0.05, 0.1) is 24.9 Å². The van der Waals surface area contributed by atoms with Crippen LogP contribution in [0.1, 0.15) is 40.7 Å². The van der Waals surface area contributed by atoms with Crippen molar-refractivity contribution in [3.05, 3.63) is 53.1 Å². The van der Waals surface area contributed by atoms with Crippen molar-refractivity contribution in [2.24, 2.45) is 5.73 Å². The number of rotatable bonds is 6. The molecule has 1 aliphatic rings. The van der Waals surface area contributed by atoms with Gasteiger partial charge in [-0.15, -0.1) is 0 Å². The number of hydrogen-bond donors (Lipinski definition) is 2. The largest absolute Gasteiger partial charge is 0.496 e. The van der Waals surface area contributed by atoms with E-state index in [1.165, 1.54) is 6.42 Å². The van der Waals surface area contributed by atoms with Crippen molar-refractivity contribution in [1.82, 2.24) is 0 Å². The highest BCUT2D eigenvalue weighted by atomic mass is 16.5. The first kappa shape index (κ1) is 19.7. The fraction of sp³-hybridized carbons (Fsp3) is 0.364. The van der Waals surface area contributed by atoms with Crippen LogP contribution in [-0.2, 0) is 11.2 Å². The quantitative estimate of drug-likeness (QED) is 0.804. The molecular formula is C22H27N3O3. The van der Waals surface area contributed by atoms with Crippen molar-refractivity contribution in [2.75, 3.05) is 30.4 Å². The van der Waals surface area contributed by atoms with Crippen LogP contribution >= 0.6 is 0 Å². The van der Waals surface area contributed by atoms with Gasteiger partial charge in [-0.1, -0.05) is 17.7 Å². The molecule has 148 valence electrons. The van der Waals surface area contributed by atoms with Crippen LogP contribution in [0, 0.1) is 6.92 Å². The highest BCUT2D eigenvalue weighted by Gasteiger charge is 2.18. The Hall–Kier alpha value is -3.02. The Labute approximate surface area is 165 Å². The van der Waals surface area contributed by atoms with E-state index in [-0.39, 0.29) is 12.3 Å². The Kier molecular flexibility index (Phi) is 6.19. The van der Waals surface area contributed by atoms with Gasteiger partial charge in [-0.25, -0.2) is 0 Å². The number of carbonyl (C=O) groups is 2. The van der Waals surface area contributed by atoms with Crippen LogP contribution in [0.25, 0.3) is 0 Å². The Balaban J connectivity index is 1.85. The van der Waals surface area contributed by atoms with Gasteiger partial charge in [0.15, 0.2) is 0 Å². The van der Waals surface area contributed by atoms with Gasteiger partial charge in [-0.05, 0) is 50.5 Å². The number of ether oxygens (including phenoxy) is 1. The summed E-state index contributed by atoms with van der Waals surface area (Å²) < 4.78 is 5.37. The number of nitrogens with two attached hydrogens (primary N) is 1. The summed E-state index contributed by atoms with van der Waals surface area (Å²) in [6, 6.07) is 11.0. The number of benzene rings is 2. The number of primary amides is 1. The maximum absolute atomic E-state index is 12.8. The van der Waals surface area contributed by atoms with Gasteiger partial charge < -0.3 is 20.7 Å². The second kappa shape index (κ2) is 8.78. The molecule has 0 saturated carbocycles. The smallest absolute Gasteiger partial charge is 0.248 e. The molecule has 0 radical (unpaired) electrons. The standard InChI is InChI=1S/C22H27N3O3/c1-15-6-9-20(28-2)17(12-15)14-21(26)24-18-13-16(22(23)27)7-8-19(18)25-10-4-3-5-11-25/h6-9,12-13H,3-5,10-11,14H2,1-2H3,(H2,23,27)(H,24,26). The summed E-state index contributed by atoms with van der Waals surface area (Å²) in [6.45, 7) is 3.85. The lowest BCUT2D eigenvalue weighted by molar-refractivity contribution is -0.115. The molecule has 0 unspecified atom stereocenters. The molecular weight excluding hydrogens is 354 g/mol. The monoisotopic (exact) mass is 381 g/mol. The van der Waals surface area contributed by atoms with Crippen LogP contribution < -0.4 is 20.7 Å². The summed E-state index contributed by atoms with van der Waals surface area (Å²) in [6.07, 6.45) is 3.63. The first-order valence-corrected chi connectivity index (χ1v) is 9.60. The zero-order valence-electron chi connectivity index (χ0n) is 16.5. The summed E-state index contributed by atoms with van der Waals surface area (Å²) >= 11 is 0. The summed E-state index contributed by atoms with van der Waals surface area (Å²) in [5.74, 6) is 0.00715. The highest BCUT2D eigenvalue weighted by Crippen LogP contribution is 2.30. The number of piperidine rings is 1. The number of amides is 2. The molecule has 2 aromatic rings. The van der Waals surface area contributed by atoms with E-state index < -0.39 is 5.91 Å². The van der Waals surface area contributed by atoms with Crippen molar-refractivity contribution in [3.63, 3.8) is 0 Å². The lowest BCUT2D eigenvalue weighted by Crippen LogP contribution is -2.30. The SMILES string of the molecule is COc1ccc(C)cc1CC(=O)Nc1cc(C(N)=O)ccc1N1CCCCC1. The molecule has 0 aromatic heterocycles. The van der Waals surface area contributed by atoms with Gasteiger partial charge in [0.25, 0.3) is 0 Å². The van der Waals surface area contributed by atoms with Crippen LogP contribution in [0.5, 0.6) is 5.75 Å². The third-order valence-corrected chi connectivity index (χ3v) is 5.04. The third kappa shape index (κ3) is 4.63. The lowest BCUT2D eigenvalue weighted by atomic mass is 10.1. The number of nitrogens with one attached hydrogen (secondary N) is 1. The Morgan fingerprint density at radius 2 is 1.86 bits per heavy atom. The number of hydrogen-bond acceptors (Lipinski definition) is 4. The number of aryl methyl sites for hydroxylation is 1. The minimum absolute atomic E-state index is 0.163. The van der Waals surface area contributed by atoms with Gasteiger partial charge in [0, 0.05) is 24.2 Å². The Morgan fingerprint density at radius 3 is 2.54 bits per heavy atom. The summed E-state index contributed by atoms with van der Waals surface area (Å²) in [5, 5.41) is 2.98. The molecule has 1 fully saturated rings. The second-order valence-electron chi connectivity index (χ2n) is 7.18. The van der Waals surface area contributed by atoms with E-state index >= 15 is 0 Å². The molecule has 0 aliphatic carbocycles. The number of carbonyl (C=O) groups excluding carboxylic acids is 2. The number of nitrogens with zero attached hydrogens (tertiary/aromatic N) is 1. The molecule has 3 rings (SSSR count). The van der Waals surface area contributed by atoms with E-state index in [1.54, 1.807) is 19.2 Å². The molecule has 0 atom stereocenters. The maximum atomic E-state index is 12.8. The maximum Gasteiger partial charge on any atom is 0.248 e. The topological polar surface area (TPSA) is 84.7 Å². The molecule has 1 heterocycles. The molecule has 0 spiro atoms.